The van der Waals surface area contributed by atoms with Gasteiger partial charge in [0, 0.05) is 6.04 Å². The summed E-state index contributed by atoms with van der Waals surface area (Å²) in [6, 6.07) is -0.553. The van der Waals surface area contributed by atoms with E-state index in [1.807, 2.05) is 20.8 Å². The average molecular weight is 286 g/mol. The van der Waals surface area contributed by atoms with Gasteiger partial charge in [-0.15, -0.1) is 0 Å². The number of hydrogen-bond acceptors (Lipinski definition) is 3. The third-order valence-corrected chi connectivity index (χ3v) is 3.24. The average Bonchev–Trinajstić information content (AvgIpc) is 2.27. The van der Waals surface area contributed by atoms with Crippen molar-refractivity contribution in [2.45, 2.75) is 66.0 Å². The van der Waals surface area contributed by atoms with Crippen LogP contribution in [-0.2, 0) is 9.59 Å². The second-order valence-electron chi connectivity index (χ2n) is 6.23. The molecule has 20 heavy (non-hydrogen) atoms. The Kier molecular flexibility index (Phi) is 9.21. The molecule has 2 unspecified atom stereocenters. The normalized spacial score (nSPS) is 14.3. The Balaban J connectivity index is 3.95. The first-order valence-corrected chi connectivity index (χ1v) is 7.49. The molecule has 0 heterocycles. The van der Waals surface area contributed by atoms with Gasteiger partial charge in [-0.25, -0.2) is 0 Å². The second kappa shape index (κ2) is 9.75. The molecule has 0 aliphatic rings. The van der Waals surface area contributed by atoms with Crippen molar-refractivity contribution in [2.24, 2.45) is 11.8 Å². The Hall–Kier alpha value is -1.10. The van der Waals surface area contributed by atoms with Crippen LogP contribution in [0.25, 0.3) is 0 Å². The number of hydrogen-bond donors (Lipinski definition) is 3. The van der Waals surface area contributed by atoms with E-state index in [9.17, 15) is 9.59 Å². The fourth-order valence-electron chi connectivity index (χ4n) is 2.04. The summed E-state index contributed by atoms with van der Waals surface area (Å²) in [5.41, 5.74) is 0. The van der Waals surface area contributed by atoms with E-state index in [1.54, 1.807) is 0 Å². The van der Waals surface area contributed by atoms with Gasteiger partial charge in [-0.1, -0.05) is 40.5 Å². The highest BCUT2D eigenvalue weighted by Crippen LogP contribution is 2.08. The van der Waals surface area contributed by atoms with Crippen LogP contribution in [0.4, 0.5) is 0 Å². The molecule has 118 valence electrons. The molecule has 0 aromatic rings. The summed E-state index contributed by atoms with van der Waals surface area (Å²) in [7, 11) is 0. The van der Waals surface area contributed by atoms with E-state index in [1.165, 1.54) is 0 Å². The number of carboxylic acid groups (broad SMARTS) is 1. The lowest BCUT2D eigenvalue weighted by molar-refractivity contribution is -0.140. The molecule has 0 aliphatic carbocycles. The number of rotatable bonds is 10. The van der Waals surface area contributed by atoms with Crippen molar-refractivity contribution in [3.8, 4) is 0 Å². The van der Waals surface area contributed by atoms with Gasteiger partial charge in [0.15, 0.2) is 0 Å². The fraction of sp³-hybridized carbons (Fsp3) is 0.867. The molecule has 0 aliphatic heterocycles. The first-order chi connectivity index (χ1) is 9.23. The molecule has 0 radical (unpaired) electrons. The SMILES string of the molecule is CC(C)CCCC(C)NC(=O)CNC(C(=O)O)C(C)C. The molecule has 5 nitrogen and oxygen atoms in total. The number of carbonyl (C=O) groups excluding carboxylic acids is 1. The summed E-state index contributed by atoms with van der Waals surface area (Å²) in [6.45, 7) is 10.0. The number of amides is 1. The van der Waals surface area contributed by atoms with Gasteiger partial charge in [-0.2, -0.15) is 0 Å². The monoisotopic (exact) mass is 286 g/mol. The first-order valence-electron chi connectivity index (χ1n) is 7.49. The molecule has 0 fully saturated rings. The lowest BCUT2D eigenvalue weighted by Gasteiger charge is -2.19. The van der Waals surface area contributed by atoms with Crippen LogP contribution in [0.5, 0.6) is 0 Å². The zero-order valence-electron chi connectivity index (χ0n) is 13.4. The minimum absolute atomic E-state index is 0.0453. The van der Waals surface area contributed by atoms with Gasteiger partial charge in [-0.3, -0.25) is 14.9 Å². The van der Waals surface area contributed by atoms with E-state index in [0.717, 1.165) is 19.3 Å². The smallest absolute Gasteiger partial charge is 0.320 e. The van der Waals surface area contributed by atoms with Gasteiger partial charge < -0.3 is 10.4 Å². The second-order valence-corrected chi connectivity index (χ2v) is 6.23. The number of aliphatic carboxylic acids is 1. The minimum atomic E-state index is -0.919. The van der Waals surface area contributed by atoms with Crippen molar-refractivity contribution in [3.63, 3.8) is 0 Å². The lowest BCUT2D eigenvalue weighted by Crippen LogP contribution is -2.47. The Labute approximate surface area is 122 Å². The Bertz CT molecular complexity index is 303. The van der Waals surface area contributed by atoms with Gasteiger partial charge in [0.05, 0.1) is 6.54 Å². The topological polar surface area (TPSA) is 78.4 Å². The maximum absolute atomic E-state index is 11.7. The van der Waals surface area contributed by atoms with E-state index in [0.29, 0.717) is 5.92 Å². The summed E-state index contributed by atoms with van der Waals surface area (Å²) < 4.78 is 0. The lowest BCUT2D eigenvalue weighted by atomic mass is 10.0. The molecule has 0 aromatic carbocycles. The van der Waals surface area contributed by atoms with Crippen molar-refractivity contribution < 1.29 is 14.7 Å². The third kappa shape index (κ3) is 8.91. The summed E-state index contributed by atoms with van der Waals surface area (Å²) in [4.78, 5) is 22.7. The number of carboxylic acids is 1. The minimum Gasteiger partial charge on any atom is -0.480 e. The molecule has 0 aromatic heterocycles. The summed E-state index contributed by atoms with van der Waals surface area (Å²) in [6.07, 6.45) is 3.21. The van der Waals surface area contributed by atoms with E-state index < -0.39 is 12.0 Å². The summed E-state index contributed by atoms with van der Waals surface area (Å²) >= 11 is 0. The highest BCUT2D eigenvalue weighted by Gasteiger charge is 2.21. The standard InChI is InChI=1S/C15H30N2O3/c1-10(2)7-6-8-12(5)17-13(18)9-16-14(11(3)4)15(19)20/h10-12,14,16H,6-9H2,1-5H3,(H,17,18)(H,19,20). The van der Waals surface area contributed by atoms with Crippen molar-refractivity contribution >= 4 is 11.9 Å². The van der Waals surface area contributed by atoms with Gasteiger partial charge in [0.1, 0.15) is 6.04 Å². The molecule has 0 rings (SSSR count). The van der Waals surface area contributed by atoms with Crippen molar-refractivity contribution in [3.05, 3.63) is 0 Å². The predicted octanol–water partition coefficient (Wildman–Crippen LogP) is 2.02. The highest BCUT2D eigenvalue weighted by molar-refractivity contribution is 5.80. The molecule has 3 N–H and O–H groups in total. The van der Waals surface area contributed by atoms with Gasteiger partial charge in [0.2, 0.25) is 5.91 Å². The van der Waals surface area contributed by atoms with E-state index in [4.69, 9.17) is 5.11 Å². The fourth-order valence-corrected chi connectivity index (χ4v) is 2.04. The molecule has 5 heteroatoms. The molecule has 2 atom stereocenters. The van der Waals surface area contributed by atoms with Crippen LogP contribution in [0, 0.1) is 11.8 Å². The third-order valence-electron chi connectivity index (χ3n) is 3.24. The molecular weight excluding hydrogens is 256 g/mol. The van der Waals surface area contributed by atoms with Crippen LogP contribution in [0.1, 0.15) is 53.9 Å². The van der Waals surface area contributed by atoms with Crippen LogP contribution in [-0.4, -0.2) is 35.6 Å². The molecule has 1 amide bonds. The zero-order chi connectivity index (χ0) is 15.7. The predicted molar refractivity (Wildman–Crippen MR) is 80.6 cm³/mol. The highest BCUT2D eigenvalue weighted by atomic mass is 16.4. The van der Waals surface area contributed by atoms with Crippen LogP contribution in [0.2, 0.25) is 0 Å². The molecule has 0 bridgehead atoms. The molecular formula is C15H30N2O3. The van der Waals surface area contributed by atoms with Gasteiger partial charge in [0.25, 0.3) is 0 Å². The molecule has 0 saturated carbocycles. The molecule has 0 saturated heterocycles. The number of nitrogens with one attached hydrogen (secondary N) is 2. The van der Waals surface area contributed by atoms with Crippen molar-refractivity contribution in [1.82, 2.24) is 10.6 Å². The zero-order valence-corrected chi connectivity index (χ0v) is 13.4. The quantitative estimate of drug-likeness (QED) is 0.574. The van der Waals surface area contributed by atoms with E-state index >= 15 is 0 Å². The van der Waals surface area contributed by atoms with E-state index in [-0.39, 0.29) is 24.4 Å². The largest absolute Gasteiger partial charge is 0.480 e. The van der Waals surface area contributed by atoms with Crippen molar-refractivity contribution in [2.75, 3.05) is 6.54 Å². The van der Waals surface area contributed by atoms with Crippen LogP contribution in [0.3, 0.4) is 0 Å². The van der Waals surface area contributed by atoms with E-state index in [2.05, 4.69) is 24.5 Å². The number of carbonyl (C=O) groups is 2. The van der Waals surface area contributed by atoms with Crippen LogP contribution < -0.4 is 10.6 Å². The van der Waals surface area contributed by atoms with Crippen LogP contribution >= 0.6 is 0 Å². The molecule has 0 spiro atoms. The van der Waals surface area contributed by atoms with Gasteiger partial charge in [-0.05, 0) is 25.2 Å². The van der Waals surface area contributed by atoms with Gasteiger partial charge >= 0.3 is 5.97 Å². The maximum Gasteiger partial charge on any atom is 0.320 e. The van der Waals surface area contributed by atoms with Crippen molar-refractivity contribution in [1.29, 1.82) is 0 Å². The Morgan fingerprint density at radius 3 is 2.10 bits per heavy atom. The first kappa shape index (κ1) is 18.9. The summed E-state index contributed by atoms with van der Waals surface area (Å²) in [5, 5.41) is 14.7. The Morgan fingerprint density at radius 1 is 1.05 bits per heavy atom. The summed E-state index contributed by atoms with van der Waals surface area (Å²) in [5.74, 6) is -0.433. The Morgan fingerprint density at radius 2 is 1.65 bits per heavy atom. The van der Waals surface area contributed by atoms with Crippen LogP contribution in [0.15, 0.2) is 0 Å². The maximum atomic E-state index is 11.7.